The van der Waals surface area contributed by atoms with Crippen molar-refractivity contribution >= 4 is 11.9 Å². The molecule has 0 radical (unpaired) electrons. The number of halogens is 1. The normalized spacial score (nSPS) is 12.0. The van der Waals surface area contributed by atoms with Crippen molar-refractivity contribution in [2.24, 2.45) is 0 Å². The summed E-state index contributed by atoms with van der Waals surface area (Å²) < 4.78 is 15.0. The number of nitrogens with one attached hydrogen (secondary N) is 1. The van der Waals surface area contributed by atoms with Crippen molar-refractivity contribution in [3.05, 3.63) is 58.7 Å². The molecule has 0 aliphatic rings. The fourth-order valence-corrected chi connectivity index (χ4v) is 2.85. The van der Waals surface area contributed by atoms with Crippen LogP contribution in [0.25, 0.3) is 0 Å². The van der Waals surface area contributed by atoms with Gasteiger partial charge in [0.15, 0.2) is 0 Å². The molecule has 0 aliphatic heterocycles. The Kier molecular flexibility index (Phi) is 5.39. The zero-order chi connectivity index (χ0) is 17.9. The number of hydrogen-bond acceptors (Lipinski definition) is 2. The molecule has 0 saturated carbocycles. The molecule has 1 aromatic heterocycles. The van der Waals surface area contributed by atoms with Gasteiger partial charge in [0.05, 0.1) is 11.5 Å². The average molecular weight is 332 g/mol. The van der Waals surface area contributed by atoms with Gasteiger partial charge in [0.1, 0.15) is 5.82 Å². The van der Waals surface area contributed by atoms with Gasteiger partial charge in [-0.25, -0.2) is 4.39 Å². The van der Waals surface area contributed by atoms with Crippen LogP contribution in [0.2, 0.25) is 0 Å². The molecule has 2 aromatic rings. The van der Waals surface area contributed by atoms with Gasteiger partial charge in [-0.3, -0.25) is 9.59 Å². The molecule has 0 saturated heterocycles. The van der Waals surface area contributed by atoms with Crippen LogP contribution in [-0.2, 0) is 11.3 Å². The summed E-state index contributed by atoms with van der Waals surface area (Å²) in [5, 5.41) is 12.0. The highest BCUT2D eigenvalue weighted by Gasteiger charge is 2.22. The van der Waals surface area contributed by atoms with Crippen LogP contribution in [-0.4, -0.2) is 28.1 Å². The molecule has 1 heterocycles. The summed E-state index contributed by atoms with van der Waals surface area (Å²) in [6, 6.07) is 7.05. The fraction of sp³-hybridized carbons (Fsp3) is 0.333. The van der Waals surface area contributed by atoms with E-state index in [4.69, 9.17) is 0 Å². The molecule has 1 unspecified atom stereocenters. The summed E-state index contributed by atoms with van der Waals surface area (Å²) >= 11 is 0. The molecule has 128 valence electrons. The van der Waals surface area contributed by atoms with Gasteiger partial charge in [-0.15, -0.1) is 0 Å². The molecule has 0 fully saturated rings. The number of carboxylic acids is 1. The van der Waals surface area contributed by atoms with Gasteiger partial charge in [0.25, 0.3) is 5.91 Å². The number of aryl methyl sites for hydroxylation is 1. The predicted molar refractivity (Wildman–Crippen MR) is 88.7 cm³/mol. The lowest BCUT2D eigenvalue weighted by atomic mass is 9.99. The molecule has 1 amide bonds. The van der Waals surface area contributed by atoms with Gasteiger partial charge in [0, 0.05) is 24.5 Å². The third kappa shape index (κ3) is 3.64. The maximum absolute atomic E-state index is 13.0. The molecule has 2 N–H and O–H groups in total. The van der Waals surface area contributed by atoms with E-state index in [2.05, 4.69) is 5.32 Å². The minimum absolute atomic E-state index is 0.0599. The molecule has 24 heavy (non-hydrogen) atoms. The number of aliphatic carboxylic acids is 1. The first-order chi connectivity index (χ1) is 11.3. The van der Waals surface area contributed by atoms with Crippen molar-refractivity contribution in [3.8, 4) is 0 Å². The van der Waals surface area contributed by atoms with Crippen LogP contribution < -0.4 is 5.32 Å². The SMILES string of the molecule is CCn1c(C)cc(C(=O)NCC(C(=O)O)c2ccc(F)cc2)c1C. The van der Waals surface area contributed by atoms with E-state index in [9.17, 15) is 19.1 Å². The number of aromatic nitrogens is 1. The smallest absolute Gasteiger partial charge is 0.312 e. The van der Waals surface area contributed by atoms with E-state index in [0.29, 0.717) is 11.1 Å². The van der Waals surface area contributed by atoms with Crippen molar-refractivity contribution in [2.75, 3.05) is 6.54 Å². The second-order valence-corrected chi connectivity index (χ2v) is 5.68. The highest BCUT2D eigenvalue weighted by Crippen LogP contribution is 2.18. The Morgan fingerprint density at radius 1 is 1.25 bits per heavy atom. The summed E-state index contributed by atoms with van der Waals surface area (Å²) in [5.41, 5.74) is 2.82. The number of hydrogen-bond donors (Lipinski definition) is 2. The van der Waals surface area contributed by atoms with Gasteiger partial charge in [0.2, 0.25) is 0 Å². The highest BCUT2D eigenvalue weighted by atomic mass is 19.1. The van der Waals surface area contributed by atoms with E-state index >= 15 is 0 Å². The predicted octanol–water partition coefficient (Wildman–Crippen LogP) is 2.86. The standard InChI is InChI=1S/C18H21FN2O3/c1-4-21-11(2)9-15(12(21)3)17(22)20-10-16(18(23)24)13-5-7-14(19)8-6-13/h5-9,16H,4,10H2,1-3H3,(H,20,22)(H,23,24). The Bertz CT molecular complexity index is 750. The first kappa shape index (κ1) is 17.7. The average Bonchev–Trinajstić information content (AvgIpc) is 2.83. The van der Waals surface area contributed by atoms with Gasteiger partial charge < -0.3 is 15.0 Å². The van der Waals surface area contributed by atoms with E-state index in [1.54, 1.807) is 6.07 Å². The number of benzene rings is 1. The second kappa shape index (κ2) is 7.29. The number of carbonyl (C=O) groups is 2. The van der Waals surface area contributed by atoms with Crippen LogP contribution in [0.5, 0.6) is 0 Å². The van der Waals surface area contributed by atoms with Crippen LogP contribution in [0.3, 0.4) is 0 Å². The Morgan fingerprint density at radius 2 is 1.88 bits per heavy atom. The number of nitrogens with zero attached hydrogens (tertiary/aromatic N) is 1. The van der Waals surface area contributed by atoms with Crippen molar-refractivity contribution < 1.29 is 19.1 Å². The first-order valence-electron chi connectivity index (χ1n) is 7.78. The van der Waals surface area contributed by atoms with Crippen molar-refractivity contribution in [3.63, 3.8) is 0 Å². The van der Waals surface area contributed by atoms with Crippen LogP contribution in [0, 0.1) is 19.7 Å². The third-order valence-corrected chi connectivity index (χ3v) is 4.17. The van der Waals surface area contributed by atoms with E-state index in [1.165, 1.54) is 24.3 Å². The lowest BCUT2D eigenvalue weighted by Crippen LogP contribution is -2.32. The van der Waals surface area contributed by atoms with E-state index in [0.717, 1.165) is 17.9 Å². The van der Waals surface area contributed by atoms with Crippen molar-refractivity contribution in [2.45, 2.75) is 33.2 Å². The molecule has 1 atom stereocenters. The largest absolute Gasteiger partial charge is 0.481 e. The van der Waals surface area contributed by atoms with Crippen molar-refractivity contribution in [1.29, 1.82) is 0 Å². The summed E-state index contributed by atoms with van der Waals surface area (Å²) in [6.07, 6.45) is 0. The molecule has 2 rings (SSSR count). The molecule has 5 nitrogen and oxygen atoms in total. The van der Waals surface area contributed by atoms with Crippen LogP contribution in [0.4, 0.5) is 4.39 Å². The second-order valence-electron chi connectivity index (χ2n) is 5.68. The Labute approximate surface area is 140 Å². The molecule has 0 aliphatic carbocycles. The summed E-state index contributed by atoms with van der Waals surface area (Å²) in [5.74, 6) is -2.74. The Balaban J connectivity index is 2.13. The topological polar surface area (TPSA) is 71.3 Å². The van der Waals surface area contributed by atoms with Crippen molar-refractivity contribution in [1.82, 2.24) is 9.88 Å². The van der Waals surface area contributed by atoms with E-state index in [1.807, 2.05) is 25.3 Å². The molecular formula is C18H21FN2O3. The molecule has 1 aromatic carbocycles. The quantitative estimate of drug-likeness (QED) is 0.854. The fourth-order valence-electron chi connectivity index (χ4n) is 2.85. The zero-order valence-electron chi connectivity index (χ0n) is 14.0. The van der Waals surface area contributed by atoms with Crippen LogP contribution >= 0.6 is 0 Å². The molecule has 0 bridgehead atoms. The third-order valence-electron chi connectivity index (χ3n) is 4.17. The summed E-state index contributed by atoms with van der Waals surface area (Å²) in [6.45, 7) is 6.48. The lowest BCUT2D eigenvalue weighted by Gasteiger charge is -2.14. The Hall–Kier alpha value is -2.63. The van der Waals surface area contributed by atoms with E-state index in [-0.39, 0.29) is 12.5 Å². The van der Waals surface area contributed by atoms with Gasteiger partial charge in [-0.1, -0.05) is 12.1 Å². The lowest BCUT2D eigenvalue weighted by molar-refractivity contribution is -0.138. The molecular weight excluding hydrogens is 311 g/mol. The van der Waals surface area contributed by atoms with E-state index < -0.39 is 17.7 Å². The van der Waals surface area contributed by atoms with Crippen LogP contribution in [0.1, 0.15) is 40.2 Å². The number of amides is 1. The van der Waals surface area contributed by atoms with Gasteiger partial charge >= 0.3 is 5.97 Å². The molecule has 6 heteroatoms. The first-order valence-corrected chi connectivity index (χ1v) is 7.78. The Morgan fingerprint density at radius 3 is 2.38 bits per heavy atom. The van der Waals surface area contributed by atoms with Gasteiger partial charge in [-0.2, -0.15) is 0 Å². The number of rotatable bonds is 6. The monoisotopic (exact) mass is 332 g/mol. The highest BCUT2D eigenvalue weighted by molar-refractivity contribution is 5.96. The minimum atomic E-state index is -1.07. The minimum Gasteiger partial charge on any atom is -0.481 e. The summed E-state index contributed by atoms with van der Waals surface area (Å²) in [7, 11) is 0. The maximum Gasteiger partial charge on any atom is 0.312 e. The number of carboxylic acid groups (broad SMARTS) is 1. The van der Waals surface area contributed by atoms with Gasteiger partial charge in [-0.05, 0) is 44.5 Å². The van der Waals surface area contributed by atoms with Crippen LogP contribution in [0.15, 0.2) is 30.3 Å². The molecule has 0 spiro atoms. The number of carbonyl (C=O) groups excluding carboxylic acids is 1. The summed E-state index contributed by atoms with van der Waals surface area (Å²) in [4.78, 5) is 23.8. The maximum atomic E-state index is 13.0. The zero-order valence-corrected chi connectivity index (χ0v) is 14.0.